The van der Waals surface area contributed by atoms with Gasteiger partial charge >= 0.3 is 0 Å². The van der Waals surface area contributed by atoms with Crippen LogP contribution in [0.2, 0.25) is 0 Å². The minimum Gasteiger partial charge on any atom is -0.483 e. The number of hydrogen-bond donors (Lipinski definition) is 1. The summed E-state index contributed by atoms with van der Waals surface area (Å²) in [5.41, 5.74) is 6.86. The molecule has 0 spiro atoms. The van der Waals surface area contributed by atoms with Gasteiger partial charge < -0.3 is 4.74 Å². The Hall–Kier alpha value is -1.88. The number of halogens is 1. The molecule has 1 aliphatic rings. The number of hydrogen-bond acceptors (Lipinski definition) is 3. The van der Waals surface area contributed by atoms with Crippen molar-refractivity contribution in [3.05, 3.63) is 52.0 Å². The van der Waals surface area contributed by atoms with E-state index in [0.29, 0.717) is 11.7 Å². The van der Waals surface area contributed by atoms with Gasteiger partial charge in [-0.15, -0.1) is 0 Å². The summed E-state index contributed by atoms with van der Waals surface area (Å²) in [5, 5.41) is 4.26. The van der Waals surface area contributed by atoms with E-state index in [1.54, 1.807) is 0 Å². The number of nitrogens with zero attached hydrogens (tertiary/aromatic N) is 1. The molecule has 0 fully saturated rings. The molecule has 0 saturated carbocycles. The average molecular weight is 391 g/mol. The minimum atomic E-state index is -0.278. The molecule has 0 aliphatic heterocycles. The Morgan fingerprint density at radius 1 is 1.46 bits per heavy atom. The van der Waals surface area contributed by atoms with E-state index in [-0.39, 0.29) is 12.5 Å². The van der Waals surface area contributed by atoms with Crippen LogP contribution in [0.15, 0.2) is 51.6 Å². The van der Waals surface area contributed by atoms with E-state index in [9.17, 15) is 4.79 Å². The maximum Gasteiger partial charge on any atom is 0.277 e. The highest BCUT2D eigenvalue weighted by atomic mass is 79.9. The molecular formula is C19H23BrN2O2. The molecule has 24 heavy (non-hydrogen) atoms. The summed E-state index contributed by atoms with van der Waals surface area (Å²) in [4.78, 5) is 12.0. The summed E-state index contributed by atoms with van der Waals surface area (Å²) in [6, 6.07) is 5.72. The molecule has 2 rings (SSSR count). The molecule has 1 amide bonds. The second-order valence-electron chi connectivity index (χ2n) is 6.19. The van der Waals surface area contributed by atoms with Crippen LogP contribution in [0, 0.1) is 12.8 Å². The lowest BCUT2D eigenvalue weighted by Gasteiger charge is -2.22. The van der Waals surface area contributed by atoms with Gasteiger partial charge in [0.05, 0.1) is 10.2 Å². The van der Waals surface area contributed by atoms with Crippen molar-refractivity contribution in [2.45, 2.75) is 33.6 Å². The summed E-state index contributed by atoms with van der Waals surface area (Å²) >= 11 is 3.43. The van der Waals surface area contributed by atoms with Crippen LogP contribution in [-0.4, -0.2) is 18.2 Å². The first-order chi connectivity index (χ1) is 11.4. The second kappa shape index (κ2) is 8.29. The number of nitrogens with one attached hydrogen (secondary N) is 1. The van der Waals surface area contributed by atoms with E-state index in [0.717, 1.165) is 39.7 Å². The molecular weight excluding hydrogens is 368 g/mol. The molecule has 1 N–H and O–H groups in total. The second-order valence-corrected chi connectivity index (χ2v) is 7.04. The highest BCUT2D eigenvalue weighted by molar-refractivity contribution is 9.10. The quantitative estimate of drug-likeness (QED) is 0.592. The summed E-state index contributed by atoms with van der Waals surface area (Å²) in [6.45, 7) is 9.98. The molecule has 1 atom stereocenters. The molecule has 0 radical (unpaired) electrons. The van der Waals surface area contributed by atoms with Gasteiger partial charge in [-0.05, 0) is 78.7 Å². The lowest BCUT2D eigenvalue weighted by Crippen LogP contribution is -2.27. The first-order valence-corrected chi connectivity index (χ1v) is 8.73. The molecule has 1 aliphatic carbocycles. The van der Waals surface area contributed by atoms with Gasteiger partial charge in [0.15, 0.2) is 6.61 Å². The van der Waals surface area contributed by atoms with Crippen molar-refractivity contribution in [1.29, 1.82) is 0 Å². The fraction of sp³-hybridized carbons (Fsp3) is 0.368. The van der Waals surface area contributed by atoms with Crippen molar-refractivity contribution in [3.63, 3.8) is 0 Å². The van der Waals surface area contributed by atoms with E-state index < -0.39 is 0 Å². The van der Waals surface area contributed by atoms with Crippen LogP contribution >= 0.6 is 15.9 Å². The number of ether oxygens (including phenoxy) is 1. The van der Waals surface area contributed by atoms with Gasteiger partial charge in [0.2, 0.25) is 0 Å². The van der Waals surface area contributed by atoms with Gasteiger partial charge in [-0.3, -0.25) is 4.79 Å². The van der Waals surface area contributed by atoms with E-state index in [2.05, 4.69) is 39.1 Å². The molecule has 0 heterocycles. The summed E-state index contributed by atoms with van der Waals surface area (Å²) < 4.78 is 6.35. The largest absolute Gasteiger partial charge is 0.483 e. The molecule has 1 aromatic carbocycles. The lowest BCUT2D eigenvalue weighted by atomic mass is 9.85. The number of aryl methyl sites for hydroxylation is 1. The molecule has 128 valence electrons. The van der Waals surface area contributed by atoms with Crippen LogP contribution in [0.5, 0.6) is 5.75 Å². The first kappa shape index (κ1) is 18.5. The van der Waals surface area contributed by atoms with Crippen LogP contribution < -0.4 is 10.2 Å². The number of amides is 1. The molecule has 4 nitrogen and oxygen atoms in total. The third kappa shape index (κ3) is 5.06. The SMILES string of the molecule is C=C(C)C1CC=C(C)C(=NNC(=O)COc2ccc(C)cc2Br)C1. The number of benzene rings is 1. The summed E-state index contributed by atoms with van der Waals surface area (Å²) in [6.07, 6.45) is 3.94. The topological polar surface area (TPSA) is 50.7 Å². The number of allylic oxidation sites excluding steroid dienone is 3. The first-order valence-electron chi connectivity index (χ1n) is 7.93. The van der Waals surface area contributed by atoms with Crippen LogP contribution in [0.3, 0.4) is 0 Å². The number of rotatable bonds is 5. The smallest absolute Gasteiger partial charge is 0.277 e. The van der Waals surface area contributed by atoms with Crippen molar-refractivity contribution >= 4 is 27.5 Å². The average Bonchev–Trinajstić information content (AvgIpc) is 2.53. The van der Waals surface area contributed by atoms with Gasteiger partial charge in [0.1, 0.15) is 5.75 Å². The monoisotopic (exact) mass is 390 g/mol. The van der Waals surface area contributed by atoms with Crippen LogP contribution in [0.25, 0.3) is 0 Å². The Morgan fingerprint density at radius 3 is 2.88 bits per heavy atom. The molecule has 1 aromatic rings. The van der Waals surface area contributed by atoms with Crippen LogP contribution in [-0.2, 0) is 4.79 Å². The standard InChI is InChI=1S/C19H23BrN2O2/c1-12(2)15-7-6-14(4)17(10-15)21-22-19(23)11-24-18-8-5-13(3)9-16(18)20/h5-6,8-9,15H,1,7,10-11H2,2-4H3,(H,22,23). The predicted molar refractivity (Wildman–Crippen MR) is 101 cm³/mol. The zero-order valence-corrected chi connectivity index (χ0v) is 15.9. The lowest BCUT2D eigenvalue weighted by molar-refractivity contribution is -0.123. The normalized spacial score (nSPS) is 18.9. The van der Waals surface area contributed by atoms with Gasteiger partial charge in [-0.1, -0.05) is 24.3 Å². The summed E-state index contributed by atoms with van der Waals surface area (Å²) in [7, 11) is 0. The zero-order valence-electron chi connectivity index (χ0n) is 14.4. The maximum atomic E-state index is 12.0. The van der Waals surface area contributed by atoms with E-state index in [1.165, 1.54) is 0 Å². The van der Waals surface area contributed by atoms with Crippen LogP contribution in [0.4, 0.5) is 0 Å². The van der Waals surface area contributed by atoms with Crippen LogP contribution in [0.1, 0.15) is 32.3 Å². The Labute approximate surface area is 151 Å². The van der Waals surface area contributed by atoms with Gasteiger partial charge in [-0.25, -0.2) is 5.43 Å². The van der Waals surface area contributed by atoms with Crippen molar-refractivity contribution in [3.8, 4) is 5.75 Å². The van der Waals surface area contributed by atoms with Crippen molar-refractivity contribution in [2.24, 2.45) is 11.0 Å². The molecule has 0 saturated heterocycles. The molecule has 0 aromatic heterocycles. The maximum absolute atomic E-state index is 12.0. The van der Waals surface area contributed by atoms with Gasteiger partial charge in [0.25, 0.3) is 5.91 Å². The molecule has 1 unspecified atom stereocenters. The number of carbonyl (C=O) groups excluding carboxylic acids is 1. The van der Waals surface area contributed by atoms with Gasteiger partial charge in [-0.2, -0.15) is 5.10 Å². The molecule has 5 heteroatoms. The Bertz CT molecular complexity index is 707. The fourth-order valence-corrected chi connectivity index (χ4v) is 3.06. The Kier molecular flexibility index (Phi) is 6.37. The van der Waals surface area contributed by atoms with Crippen molar-refractivity contribution in [2.75, 3.05) is 6.61 Å². The van der Waals surface area contributed by atoms with Crippen molar-refractivity contribution < 1.29 is 9.53 Å². The molecule has 0 bridgehead atoms. The van der Waals surface area contributed by atoms with E-state index in [1.807, 2.05) is 39.0 Å². The Morgan fingerprint density at radius 2 is 2.21 bits per heavy atom. The van der Waals surface area contributed by atoms with E-state index >= 15 is 0 Å². The highest BCUT2D eigenvalue weighted by Crippen LogP contribution is 2.27. The number of hydrazone groups is 1. The number of carbonyl (C=O) groups is 1. The minimum absolute atomic E-state index is 0.0783. The summed E-state index contributed by atoms with van der Waals surface area (Å²) in [5.74, 6) is 0.754. The Balaban J connectivity index is 1.91. The van der Waals surface area contributed by atoms with E-state index in [4.69, 9.17) is 4.74 Å². The fourth-order valence-electron chi connectivity index (χ4n) is 2.45. The zero-order chi connectivity index (χ0) is 17.7. The van der Waals surface area contributed by atoms with Gasteiger partial charge in [0, 0.05) is 0 Å². The van der Waals surface area contributed by atoms with Crippen molar-refractivity contribution in [1.82, 2.24) is 5.43 Å². The highest BCUT2D eigenvalue weighted by Gasteiger charge is 2.18. The third-order valence-corrected chi connectivity index (χ3v) is 4.68. The predicted octanol–water partition coefficient (Wildman–Crippen LogP) is 4.54. The third-order valence-electron chi connectivity index (χ3n) is 4.06.